The number of nitrogens with two attached hydrogens (primary N) is 1. The van der Waals surface area contributed by atoms with Gasteiger partial charge in [0.25, 0.3) is 0 Å². The fourth-order valence-electron chi connectivity index (χ4n) is 1.40. The van der Waals surface area contributed by atoms with Crippen LogP contribution in [0.15, 0.2) is 24.3 Å². The molecule has 0 aromatic heterocycles. The maximum absolute atomic E-state index is 11.5. The second-order valence-corrected chi connectivity index (χ2v) is 4.60. The number of hydrogen-bond acceptors (Lipinski definition) is 3. The van der Waals surface area contributed by atoms with E-state index >= 15 is 0 Å². The molecule has 0 saturated carbocycles. The summed E-state index contributed by atoms with van der Waals surface area (Å²) in [4.78, 5) is 11.5. The second-order valence-electron chi connectivity index (χ2n) is 3.62. The highest BCUT2D eigenvalue weighted by molar-refractivity contribution is 7.98. The summed E-state index contributed by atoms with van der Waals surface area (Å²) in [7, 11) is 0. The van der Waals surface area contributed by atoms with Gasteiger partial charge in [-0.05, 0) is 36.1 Å². The number of carbonyl (C=O) groups excluding carboxylic acids is 1. The molecule has 0 heterocycles. The number of nitrogen functional groups attached to an aromatic ring is 1. The summed E-state index contributed by atoms with van der Waals surface area (Å²) in [5.74, 6) is 1.14. The van der Waals surface area contributed by atoms with Crippen molar-refractivity contribution in [3.63, 3.8) is 0 Å². The van der Waals surface area contributed by atoms with Crippen molar-refractivity contribution in [1.29, 1.82) is 0 Å². The number of carbonyl (C=O) groups is 1. The molecule has 0 atom stereocenters. The Morgan fingerprint density at radius 3 is 3.00 bits per heavy atom. The molecule has 0 aliphatic carbocycles. The average Bonchev–Trinajstić information content (AvgIpc) is 2.24. The lowest BCUT2D eigenvalue weighted by Crippen LogP contribution is -2.26. The molecule has 1 rings (SSSR count). The van der Waals surface area contributed by atoms with Crippen molar-refractivity contribution in [3.05, 3.63) is 29.8 Å². The summed E-state index contributed by atoms with van der Waals surface area (Å²) >= 11 is 1.79. The molecule has 0 radical (unpaired) electrons. The molecule has 0 fully saturated rings. The molecule has 1 aromatic carbocycles. The molecular weight excluding hydrogens is 220 g/mol. The number of hydrogen-bond donors (Lipinski definition) is 2. The normalized spacial score (nSPS) is 10.1. The SMILES string of the molecule is CSCCCNC(=O)Cc1cccc(N)c1. The zero-order valence-electron chi connectivity index (χ0n) is 9.53. The summed E-state index contributed by atoms with van der Waals surface area (Å²) in [6.07, 6.45) is 3.49. The fourth-order valence-corrected chi connectivity index (χ4v) is 1.83. The van der Waals surface area contributed by atoms with Crippen molar-refractivity contribution in [2.75, 3.05) is 24.3 Å². The number of amides is 1. The number of anilines is 1. The molecule has 0 saturated heterocycles. The zero-order valence-corrected chi connectivity index (χ0v) is 10.3. The van der Waals surface area contributed by atoms with Crippen molar-refractivity contribution in [2.45, 2.75) is 12.8 Å². The third-order valence-electron chi connectivity index (χ3n) is 2.16. The van der Waals surface area contributed by atoms with E-state index in [1.54, 1.807) is 11.8 Å². The highest BCUT2D eigenvalue weighted by Gasteiger charge is 2.02. The molecular formula is C12H18N2OS. The summed E-state index contributed by atoms with van der Waals surface area (Å²) in [6, 6.07) is 7.44. The van der Waals surface area contributed by atoms with E-state index in [1.165, 1.54) is 0 Å². The maximum Gasteiger partial charge on any atom is 0.224 e. The lowest BCUT2D eigenvalue weighted by atomic mass is 10.1. The molecule has 16 heavy (non-hydrogen) atoms. The van der Waals surface area contributed by atoms with Gasteiger partial charge in [-0.2, -0.15) is 11.8 Å². The predicted molar refractivity (Wildman–Crippen MR) is 70.6 cm³/mol. The Labute approximate surface area is 101 Å². The molecule has 0 bridgehead atoms. The predicted octanol–water partition coefficient (Wildman–Crippen LogP) is 1.68. The van der Waals surface area contributed by atoms with Crippen LogP contribution in [0, 0.1) is 0 Å². The van der Waals surface area contributed by atoms with Gasteiger partial charge < -0.3 is 11.1 Å². The van der Waals surface area contributed by atoms with Gasteiger partial charge in [0, 0.05) is 12.2 Å². The minimum absolute atomic E-state index is 0.0618. The van der Waals surface area contributed by atoms with Crippen LogP contribution in [0.25, 0.3) is 0 Å². The molecule has 3 N–H and O–H groups in total. The first kappa shape index (κ1) is 12.9. The standard InChI is InChI=1S/C12H18N2OS/c1-16-7-3-6-14-12(15)9-10-4-2-5-11(13)8-10/h2,4-5,8H,3,6-7,9,13H2,1H3,(H,14,15). The van der Waals surface area contributed by atoms with Gasteiger partial charge in [0.05, 0.1) is 6.42 Å². The zero-order chi connectivity index (χ0) is 11.8. The first-order valence-corrected chi connectivity index (χ1v) is 6.72. The summed E-state index contributed by atoms with van der Waals surface area (Å²) in [6.45, 7) is 0.752. The van der Waals surface area contributed by atoms with Gasteiger partial charge in [0.1, 0.15) is 0 Å². The lowest BCUT2D eigenvalue weighted by molar-refractivity contribution is -0.120. The molecule has 0 spiro atoms. The van der Waals surface area contributed by atoms with Crippen molar-refractivity contribution >= 4 is 23.4 Å². The van der Waals surface area contributed by atoms with Crippen LogP contribution in [-0.2, 0) is 11.2 Å². The van der Waals surface area contributed by atoms with E-state index in [-0.39, 0.29) is 5.91 Å². The van der Waals surface area contributed by atoms with Crippen molar-refractivity contribution < 1.29 is 4.79 Å². The Kier molecular flexibility index (Phi) is 5.78. The Hall–Kier alpha value is -1.16. The third kappa shape index (κ3) is 5.07. The number of thioether (sulfide) groups is 1. The lowest BCUT2D eigenvalue weighted by Gasteiger charge is -2.05. The monoisotopic (exact) mass is 238 g/mol. The molecule has 88 valence electrons. The van der Waals surface area contributed by atoms with Crippen LogP contribution in [0.3, 0.4) is 0 Å². The fraction of sp³-hybridized carbons (Fsp3) is 0.417. The number of rotatable bonds is 6. The van der Waals surface area contributed by atoms with E-state index in [0.29, 0.717) is 12.1 Å². The van der Waals surface area contributed by atoms with Crippen LogP contribution in [0.4, 0.5) is 5.69 Å². The van der Waals surface area contributed by atoms with Gasteiger partial charge in [-0.25, -0.2) is 0 Å². The molecule has 0 aliphatic rings. The van der Waals surface area contributed by atoms with Crippen molar-refractivity contribution in [1.82, 2.24) is 5.32 Å². The maximum atomic E-state index is 11.5. The van der Waals surface area contributed by atoms with E-state index in [2.05, 4.69) is 11.6 Å². The molecule has 3 nitrogen and oxygen atoms in total. The van der Waals surface area contributed by atoms with Gasteiger partial charge in [-0.15, -0.1) is 0 Å². The summed E-state index contributed by atoms with van der Waals surface area (Å²) < 4.78 is 0. The first-order chi connectivity index (χ1) is 7.72. The summed E-state index contributed by atoms with van der Waals surface area (Å²) in [5.41, 5.74) is 7.30. The first-order valence-electron chi connectivity index (χ1n) is 5.32. The average molecular weight is 238 g/mol. The van der Waals surface area contributed by atoms with Crippen LogP contribution < -0.4 is 11.1 Å². The number of benzene rings is 1. The quantitative estimate of drug-likeness (QED) is 0.585. The third-order valence-corrected chi connectivity index (χ3v) is 2.86. The second kappa shape index (κ2) is 7.17. The van der Waals surface area contributed by atoms with E-state index in [0.717, 1.165) is 24.3 Å². The molecule has 1 aromatic rings. The van der Waals surface area contributed by atoms with E-state index in [9.17, 15) is 4.79 Å². The highest BCUT2D eigenvalue weighted by Crippen LogP contribution is 2.06. The van der Waals surface area contributed by atoms with Gasteiger partial charge in [0.15, 0.2) is 0 Å². The smallest absolute Gasteiger partial charge is 0.224 e. The Bertz CT molecular complexity index is 342. The Morgan fingerprint density at radius 1 is 1.50 bits per heavy atom. The van der Waals surface area contributed by atoms with Gasteiger partial charge in [0.2, 0.25) is 5.91 Å². The van der Waals surface area contributed by atoms with E-state index < -0.39 is 0 Å². The Morgan fingerprint density at radius 2 is 2.31 bits per heavy atom. The van der Waals surface area contributed by atoms with Crippen LogP contribution in [0.1, 0.15) is 12.0 Å². The van der Waals surface area contributed by atoms with Crippen molar-refractivity contribution in [2.24, 2.45) is 0 Å². The van der Waals surface area contributed by atoms with Gasteiger partial charge in [-0.1, -0.05) is 12.1 Å². The molecule has 0 unspecified atom stereocenters. The largest absolute Gasteiger partial charge is 0.399 e. The molecule has 1 amide bonds. The minimum atomic E-state index is 0.0618. The van der Waals surface area contributed by atoms with E-state index in [1.807, 2.05) is 24.3 Å². The molecule has 4 heteroatoms. The van der Waals surface area contributed by atoms with E-state index in [4.69, 9.17) is 5.73 Å². The minimum Gasteiger partial charge on any atom is -0.399 e. The summed E-state index contributed by atoms with van der Waals surface area (Å²) in [5, 5.41) is 2.89. The van der Waals surface area contributed by atoms with Crippen molar-refractivity contribution in [3.8, 4) is 0 Å². The van der Waals surface area contributed by atoms with Crippen LogP contribution in [-0.4, -0.2) is 24.5 Å². The highest BCUT2D eigenvalue weighted by atomic mass is 32.2. The van der Waals surface area contributed by atoms with Crippen LogP contribution in [0.5, 0.6) is 0 Å². The van der Waals surface area contributed by atoms with Gasteiger partial charge in [-0.3, -0.25) is 4.79 Å². The number of nitrogens with one attached hydrogen (secondary N) is 1. The topological polar surface area (TPSA) is 55.1 Å². The van der Waals surface area contributed by atoms with Crippen LogP contribution in [0.2, 0.25) is 0 Å². The van der Waals surface area contributed by atoms with Gasteiger partial charge >= 0.3 is 0 Å². The van der Waals surface area contributed by atoms with Crippen LogP contribution >= 0.6 is 11.8 Å². The Balaban J connectivity index is 2.29. The molecule has 0 aliphatic heterocycles.